The molecule has 0 bridgehead atoms. The fraction of sp³-hybridized carbons (Fsp3) is 0.480. The molecule has 0 fully saturated rings. The highest BCUT2D eigenvalue weighted by atomic mass is 16.5. The number of aromatic hydroxyl groups is 1. The van der Waals surface area contributed by atoms with Crippen molar-refractivity contribution in [1.29, 1.82) is 0 Å². The predicted octanol–water partition coefficient (Wildman–Crippen LogP) is 4.30. The van der Waals surface area contributed by atoms with Gasteiger partial charge in [0.25, 0.3) is 11.5 Å². The summed E-state index contributed by atoms with van der Waals surface area (Å²) in [6.45, 7) is 7.04. The molecule has 0 aliphatic heterocycles. The fourth-order valence-corrected chi connectivity index (χ4v) is 3.59. The number of carbonyl (C=O) groups is 2. The first kappa shape index (κ1) is 27.6. The lowest BCUT2D eigenvalue weighted by molar-refractivity contribution is 0.0594. The Kier molecular flexibility index (Phi) is 9.98. The van der Waals surface area contributed by atoms with Crippen molar-refractivity contribution in [2.45, 2.75) is 46.5 Å². The number of methoxy groups -OCH3 is 1. The normalized spacial score (nSPS) is 11.0. The van der Waals surface area contributed by atoms with Gasteiger partial charge in [-0.25, -0.2) is 4.79 Å². The van der Waals surface area contributed by atoms with Crippen molar-refractivity contribution in [2.24, 2.45) is 10.2 Å². The molecule has 1 N–H and O–H groups in total. The first-order valence-electron chi connectivity index (χ1n) is 11.7. The first-order chi connectivity index (χ1) is 16.7. The number of unbranched alkanes of at least 4 members (excludes halogenated alkanes) is 2. The molecule has 10 heteroatoms. The average Bonchev–Trinajstić information content (AvgIpc) is 2.83. The molecule has 1 amide bonds. The van der Waals surface area contributed by atoms with Crippen LogP contribution >= 0.6 is 0 Å². The van der Waals surface area contributed by atoms with Crippen molar-refractivity contribution in [2.75, 3.05) is 39.3 Å². The molecule has 0 saturated carbocycles. The minimum atomic E-state index is -0.807. The second-order valence-corrected chi connectivity index (χ2v) is 8.38. The molecule has 0 aliphatic carbocycles. The minimum absolute atomic E-state index is 0.0762. The van der Waals surface area contributed by atoms with Gasteiger partial charge in [-0.15, -0.1) is 5.11 Å². The molecular formula is C25H35N5O5. The van der Waals surface area contributed by atoms with Gasteiger partial charge in [-0.2, -0.15) is 9.79 Å². The highest BCUT2D eigenvalue weighted by molar-refractivity contribution is 5.95. The van der Waals surface area contributed by atoms with Gasteiger partial charge in [0.2, 0.25) is 5.88 Å². The molecule has 0 atom stereocenters. The van der Waals surface area contributed by atoms with Crippen LogP contribution in [0.5, 0.6) is 5.88 Å². The Bertz CT molecular complexity index is 1130. The van der Waals surface area contributed by atoms with Crippen LogP contribution in [-0.2, 0) is 4.74 Å². The number of nitrogens with zero attached hydrogens (tertiary/aromatic N) is 5. The van der Waals surface area contributed by atoms with E-state index in [2.05, 4.69) is 24.1 Å². The molecule has 0 radical (unpaired) electrons. The number of ether oxygens (including phenoxy) is 1. The third-order valence-electron chi connectivity index (χ3n) is 5.55. The van der Waals surface area contributed by atoms with Gasteiger partial charge < -0.3 is 19.8 Å². The summed E-state index contributed by atoms with van der Waals surface area (Å²) in [5.74, 6) is -1.43. The van der Waals surface area contributed by atoms with E-state index in [1.165, 1.54) is 33.1 Å². The molecular weight excluding hydrogens is 450 g/mol. The molecule has 2 aromatic rings. The number of benzene rings is 1. The summed E-state index contributed by atoms with van der Waals surface area (Å²) in [6.07, 6.45) is 3.84. The predicted molar refractivity (Wildman–Crippen MR) is 135 cm³/mol. The summed E-state index contributed by atoms with van der Waals surface area (Å²) in [5.41, 5.74) is 0.0432. The molecule has 10 nitrogen and oxygen atoms in total. The third kappa shape index (κ3) is 6.46. The van der Waals surface area contributed by atoms with Gasteiger partial charge in [0, 0.05) is 38.3 Å². The molecule has 0 saturated heterocycles. The Morgan fingerprint density at radius 2 is 1.71 bits per heavy atom. The Labute approximate surface area is 205 Å². The number of esters is 1. The largest absolute Gasteiger partial charge is 0.493 e. The summed E-state index contributed by atoms with van der Waals surface area (Å²) in [7, 11) is 4.26. The SMILES string of the molecule is CCCCN(CCCC)C(=O)c1cccc(N=Nc2c(C)c(C(=O)OC)c(O)n(N(C)C)c2=O)c1. The number of amides is 1. The van der Waals surface area contributed by atoms with Crippen molar-refractivity contribution in [3.8, 4) is 5.88 Å². The van der Waals surface area contributed by atoms with Gasteiger partial charge in [-0.1, -0.05) is 32.8 Å². The van der Waals surface area contributed by atoms with Crippen LogP contribution in [0.15, 0.2) is 39.3 Å². The van der Waals surface area contributed by atoms with E-state index in [0.717, 1.165) is 30.4 Å². The number of hydrogen-bond donors (Lipinski definition) is 1. The zero-order chi connectivity index (χ0) is 26.1. The highest BCUT2D eigenvalue weighted by Crippen LogP contribution is 2.28. The zero-order valence-electron chi connectivity index (χ0n) is 21.4. The van der Waals surface area contributed by atoms with Crippen molar-refractivity contribution < 1.29 is 19.4 Å². The summed E-state index contributed by atoms with van der Waals surface area (Å²) in [6, 6.07) is 6.73. The topological polar surface area (TPSA) is 117 Å². The molecule has 2 rings (SSSR count). The Hall–Kier alpha value is -3.69. The summed E-state index contributed by atoms with van der Waals surface area (Å²) in [5, 5.41) is 20.1. The molecule has 1 aromatic carbocycles. The molecule has 190 valence electrons. The third-order valence-corrected chi connectivity index (χ3v) is 5.55. The number of carbonyl (C=O) groups excluding carboxylic acids is 2. The van der Waals surface area contributed by atoms with Crippen molar-refractivity contribution in [1.82, 2.24) is 9.58 Å². The Balaban J connectivity index is 2.48. The van der Waals surface area contributed by atoms with Crippen LogP contribution in [0.25, 0.3) is 0 Å². The summed E-state index contributed by atoms with van der Waals surface area (Å²) in [4.78, 5) is 40.2. The van der Waals surface area contributed by atoms with E-state index < -0.39 is 17.4 Å². The molecule has 0 spiro atoms. The van der Waals surface area contributed by atoms with Crippen molar-refractivity contribution in [3.63, 3.8) is 0 Å². The molecule has 0 aliphatic rings. The summed E-state index contributed by atoms with van der Waals surface area (Å²) < 4.78 is 5.67. The van der Waals surface area contributed by atoms with E-state index in [-0.39, 0.29) is 22.7 Å². The van der Waals surface area contributed by atoms with Crippen LogP contribution in [0.3, 0.4) is 0 Å². The lowest BCUT2D eigenvalue weighted by Crippen LogP contribution is -2.37. The number of rotatable bonds is 11. The number of azo groups is 1. The van der Waals surface area contributed by atoms with Gasteiger partial charge in [0.1, 0.15) is 5.56 Å². The van der Waals surface area contributed by atoms with E-state index in [1.54, 1.807) is 24.3 Å². The maximum atomic E-state index is 13.1. The van der Waals surface area contributed by atoms with Crippen LogP contribution in [0.4, 0.5) is 11.4 Å². The maximum Gasteiger partial charge on any atom is 0.343 e. The van der Waals surface area contributed by atoms with Gasteiger partial charge in [-0.3, -0.25) is 9.59 Å². The number of aromatic nitrogens is 1. The maximum absolute atomic E-state index is 13.1. The highest BCUT2D eigenvalue weighted by Gasteiger charge is 2.25. The molecule has 1 aromatic heterocycles. The smallest absolute Gasteiger partial charge is 0.343 e. The van der Waals surface area contributed by atoms with Gasteiger partial charge in [0.05, 0.1) is 12.8 Å². The number of pyridine rings is 1. The van der Waals surface area contributed by atoms with Crippen LogP contribution in [0, 0.1) is 6.92 Å². The minimum Gasteiger partial charge on any atom is -0.493 e. The van der Waals surface area contributed by atoms with Gasteiger partial charge in [0.15, 0.2) is 5.69 Å². The van der Waals surface area contributed by atoms with Crippen molar-refractivity contribution >= 4 is 23.3 Å². The zero-order valence-corrected chi connectivity index (χ0v) is 21.4. The first-order valence-corrected chi connectivity index (χ1v) is 11.7. The van der Waals surface area contributed by atoms with E-state index in [4.69, 9.17) is 4.74 Å². The summed E-state index contributed by atoms with van der Waals surface area (Å²) >= 11 is 0. The molecule has 0 unspecified atom stereocenters. The Morgan fingerprint density at radius 3 is 2.26 bits per heavy atom. The van der Waals surface area contributed by atoms with E-state index in [9.17, 15) is 19.5 Å². The monoisotopic (exact) mass is 485 g/mol. The standard InChI is InChI=1S/C25H35N5O5/c1-7-9-14-29(15-10-8-2)22(31)18-12-11-13-19(16-18)26-27-21-17(3)20(25(34)35-6)23(32)30(24(21)33)28(4)5/h11-13,16,32H,7-10,14-15H2,1-6H3. The van der Waals surface area contributed by atoms with Gasteiger partial charge >= 0.3 is 5.97 Å². The van der Waals surface area contributed by atoms with Crippen LogP contribution in [-0.4, -0.2) is 60.9 Å². The van der Waals surface area contributed by atoms with Gasteiger partial charge in [-0.05, 0) is 38.0 Å². The second-order valence-electron chi connectivity index (χ2n) is 8.38. The van der Waals surface area contributed by atoms with Crippen LogP contribution in [0.1, 0.15) is 65.8 Å². The fourth-order valence-electron chi connectivity index (χ4n) is 3.59. The Morgan fingerprint density at radius 1 is 1.09 bits per heavy atom. The quantitative estimate of drug-likeness (QED) is 0.375. The van der Waals surface area contributed by atoms with E-state index >= 15 is 0 Å². The van der Waals surface area contributed by atoms with Crippen molar-refractivity contribution in [3.05, 3.63) is 51.3 Å². The van der Waals surface area contributed by atoms with Crippen LogP contribution < -0.4 is 10.6 Å². The average molecular weight is 486 g/mol. The molecule has 1 heterocycles. The molecule has 35 heavy (non-hydrogen) atoms. The van der Waals surface area contributed by atoms with E-state index in [0.29, 0.717) is 24.3 Å². The number of hydrogen-bond acceptors (Lipinski definition) is 8. The van der Waals surface area contributed by atoms with E-state index in [1.807, 2.05) is 4.90 Å². The van der Waals surface area contributed by atoms with Crippen LogP contribution in [0.2, 0.25) is 0 Å². The lowest BCUT2D eigenvalue weighted by Gasteiger charge is -2.22. The lowest BCUT2D eigenvalue weighted by atomic mass is 10.1. The second kappa shape index (κ2) is 12.7.